The number of hydrogen-bond donors (Lipinski definition) is 2. The van der Waals surface area contributed by atoms with E-state index in [0.29, 0.717) is 12.5 Å². The summed E-state index contributed by atoms with van der Waals surface area (Å²) >= 11 is 0. The molecule has 1 rings (SSSR count). The van der Waals surface area contributed by atoms with Gasteiger partial charge in [0, 0.05) is 12.1 Å². The predicted molar refractivity (Wildman–Crippen MR) is 54.8 cm³/mol. The average molecular weight is 200 g/mol. The molecule has 0 bridgehead atoms. The van der Waals surface area contributed by atoms with Gasteiger partial charge in [0.15, 0.2) is 0 Å². The van der Waals surface area contributed by atoms with E-state index in [0.717, 1.165) is 6.61 Å². The van der Waals surface area contributed by atoms with Crippen molar-refractivity contribution in [3.8, 4) is 0 Å². The van der Waals surface area contributed by atoms with Gasteiger partial charge in [-0.3, -0.25) is 4.79 Å². The van der Waals surface area contributed by atoms with E-state index < -0.39 is 0 Å². The van der Waals surface area contributed by atoms with E-state index in [9.17, 15) is 4.79 Å². The van der Waals surface area contributed by atoms with Crippen molar-refractivity contribution in [2.75, 3.05) is 19.8 Å². The highest BCUT2D eigenvalue weighted by atomic mass is 16.5. The zero-order valence-corrected chi connectivity index (χ0v) is 9.01. The van der Waals surface area contributed by atoms with Crippen LogP contribution in [0.25, 0.3) is 0 Å². The standard InChI is InChI=1S/C10H20N2O2/c1-10(2,7-11)12-9(13)6-14-5-8-3-4-8/h8H,3-7,11H2,1-2H3,(H,12,13). The number of nitrogens with two attached hydrogens (primary N) is 1. The maximum absolute atomic E-state index is 11.3. The van der Waals surface area contributed by atoms with Gasteiger partial charge in [-0.25, -0.2) is 0 Å². The van der Waals surface area contributed by atoms with E-state index in [1.54, 1.807) is 0 Å². The molecule has 0 saturated heterocycles. The van der Waals surface area contributed by atoms with E-state index in [4.69, 9.17) is 10.5 Å². The van der Waals surface area contributed by atoms with Gasteiger partial charge in [0.2, 0.25) is 5.91 Å². The summed E-state index contributed by atoms with van der Waals surface area (Å²) in [5.74, 6) is 0.617. The molecule has 1 saturated carbocycles. The molecule has 0 atom stereocenters. The first-order valence-corrected chi connectivity index (χ1v) is 5.12. The topological polar surface area (TPSA) is 64.3 Å². The van der Waals surface area contributed by atoms with Gasteiger partial charge in [0.25, 0.3) is 0 Å². The molecule has 82 valence electrons. The molecule has 1 amide bonds. The SMILES string of the molecule is CC(C)(CN)NC(=O)COCC1CC1. The van der Waals surface area contributed by atoms with Crippen LogP contribution in [0, 0.1) is 5.92 Å². The minimum absolute atomic E-state index is 0.0823. The van der Waals surface area contributed by atoms with Crippen LogP contribution in [0.2, 0.25) is 0 Å². The van der Waals surface area contributed by atoms with Crippen molar-refractivity contribution >= 4 is 5.91 Å². The van der Waals surface area contributed by atoms with Crippen LogP contribution >= 0.6 is 0 Å². The first-order chi connectivity index (χ1) is 6.53. The molecule has 1 fully saturated rings. The van der Waals surface area contributed by atoms with Crippen molar-refractivity contribution in [3.05, 3.63) is 0 Å². The van der Waals surface area contributed by atoms with Crippen molar-refractivity contribution < 1.29 is 9.53 Å². The van der Waals surface area contributed by atoms with E-state index in [-0.39, 0.29) is 18.1 Å². The molecule has 0 aromatic rings. The largest absolute Gasteiger partial charge is 0.371 e. The van der Waals surface area contributed by atoms with Gasteiger partial charge in [0.1, 0.15) is 6.61 Å². The smallest absolute Gasteiger partial charge is 0.246 e. The second-order valence-electron chi connectivity index (χ2n) is 4.59. The maximum atomic E-state index is 11.3. The van der Waals surface area contributed by atoms with E-state index in [1.165, 1.54) is 12.8 Å². The summed E-state index contributed by atoms with van der Waals surface area (Å²) in [7, 11) is 0. The molecule has 0 aromatic heterocycles. The fourth-order valence-electron chi connectivity index (χ4n) is 1.07. The number of amides is 1. The summed E-state index contributed by atoms with van der Waals surface area (Å²) in [5, 5.41) is 2.81. The van der Waals surface area contributed by atoms with Crippen LogP contribution in [0.3, 0.4) is 0 Å². The highest BCUT2D eigenvalue weighted by Gasteiger charge is 2.22. The predicted octanol–water partition coefficient (Wildman–Crippen LogP) is 0.267. The molecule has 0 aromatic carbocycles. The van der Waals surface area contributed by atoms with Crippen LogP contribution in [0.4, 0.5) is 0 Å². The lowest BCUT2D eigenvalue weighted by molar-refractivity contribution is -0.127. The quantitative estimate of drug-likeness (QED) is 0.646. The zero-order valence-electron chi connectivity index (χ0n) is 9.01. The molecule has 0 aliphatic heterocycles. The molecule has 0 unspecified atom stereocenters. The third-order valence-corrected chi connectivity index (χ3v) is 2.27. The minimum atomic E-state index is -0.333. The Kier molecular flexibility index (Phi) is 3.89. The van der Waals surface area contributed by atoms with Crippen LogP contribution in [-0.2, 0) is 9.53 Å². The number of carbonyl (C=O) groups is 1. The Bertz CT molecular complexity index is 200. The molecular formula is C10H20N2O2. The highest BCUT2D eigenvalue weighted by Crippen LogP contribution is 2.28. The third kappa shape index (κ3) is 4.58. The normalized spacial score (nSPS) is 16.8. The van der Waals surface area contributed by atoms with Crippen molar-refractivity contribution in [1.82, 2.24) is 5.32 Å². The molecule has 4 nitrogen and oxygen atoms in total. The Hall–Kier alpha value is -0.610. The summed E-state index contributed by atoms with van der Waals surface area (Å²) in [4.78, 5) is 11.3. The number of ether oxygens (including phenoxy) is 1. The van der Waals surface area contributed by atoms with Crippen LogP contribution in [0.15, 0.2) is 0 Å². The van der Waals surface area contributed by atoms with Crippen LogP contribution in [0.1, 0.15) is 26.7 Å². The number of nitrogens with one attached hydrogen (secondary N) is 1. The molecule has 1 aliphatic carbocycles. The summed E-state index contributed by atoms with van der Waals surface area (Å²) in [5.41, 5.74) is 5.15. The van der Waals surface area contributed by atoms with Gasteiger partial charge in [-0.1, -0.05) is 0 Å². The van der Waals surface area contributed by atoms with Gasteiger partial charge in [0.05, 0.1) is 6.61 Å². The van der Waals surface area contributed by atoms with Crippen molar-refractivity contribution in [2.24, 2.45) is 11.7 Å². The molecule has 14 heavy (non-hydrogen) atoms. The lowest BCUT2D eigenvalue weighted by atomic mass is 10.1. The van der Waals surface area contributed by atoms with Crippen LogP contribution < -0.4 is 11.1 Å². The van der Waals surface area contributed by atoms with Crippen molar-refractivity contribution in [1.29, 1.82) is 0 Å². The van der Waals surface area contributed by atoms with Gasteiger partial charge in [-0.05, 0) is 32.6 Å². The molecule has 4 heteroatoms. The molecule has 0 spiro atoms. The Labute approximate surface area is 85.2 Å². The van der Waals surface area contributed by atoms with E-state index in [1.807, 2.05) is 13.8 Å². The van der Waals surface area contributed by atoms with Gasteiger partial charge in [-0.2, -0.15) is 0 Å². The third-order valence-electron chi connectivity index (χ3n) is 2.27. The number of hydrogen-bond acceptors (Lipinski definition) is 3. The van der Waals surface area contributed by atoms with E-state index >= 15 is 0 Å². The van der Waals surface area contributed by atoms with Gasteiger partial charge >= 0.3 is 0 Å². The van der Waals surface area contributed by atoms with Crippen molar-refractivity contribution in [3.63, 3.8) is 0 Å². The second-order valence-corrected chi connectivity index (χ2v) is 4.59. The summed E-state index contributed by atoms with van der Waals surface area (Å²) < 4.78 is 5.26. The Morgan fingerprint density at radius 3 is 2.71 bits per heavy atom. The second kappa shape index (κ2) is 4.75. The monoisotopic (exact) mass is 200 g/mol. The Morgan fingerprint density at radius 2 is 2.21 bits per heavy atom. The van der Waals surface area contributed by atoms with Gasteiger partial charge in [-0.15, -0.1) is 0 Å². The zero-order chi connectivity index (χ0) is 10.6. The maximum Gasteiger partial charge on any atom is 0.246 e. The van der Waals surface area contributed by atoms with Crippen LogP contribution in [-0.4, -0.2) is 31.2 Å². The molecular weight excluding hydrogens is 180 g/mol. The number of rotatable bonds is 6. The summed E-state index contributed by atoms with van der Waals surface area (Å²) in [6.45, 7) is 5.09. The van der Waals surface area contributed by atoms with Gasteiger partial charge < -0.3 is 15.8 Å². The molecule has 0 radical (unpaired) electrons. The lowest BCUT2D eigenvalue weighted by Crippen LogP contribution is -2.50. The lowest BCUT2D eigenvalue weighted by Gasteiger charge is -2.24. The van der Waals surface area contributed by atoms with E-state index in [2.05, 4.69) is 5.32 Å². The molecule has 3 N–H and O–H groups in total. The molecule has 1 aliphatic rings. The Balaban J connectivity index is 2.07. The summed E-state index contributed by atoms with van der Waals surface area (Å²) in [6.07, 6.45) is 2.49. The first-order valence-electron chi connectivity index (χ1n) is 5.12. The summed E-state index contributed by atoms with van der Waals surface area (Å²) in [6, 6.07) is 0. The van der Waals surface area contributed by atoms with Crippen LogP contribution in [0.5, 0.6) is 0 Å². The molecule has 0 heterocycles. The highest BCUT2D eigenvalue weighted by molar-refractivity contribution is 5.77. The first kappa shape index (κ1) is 11.5. The minimum Gasteiger partial charge on any atom is -0.371 e. The fourth-order valence-corrected chi connectivity index (χ4v) is 1.07. The van der Waals surface area contributed by atoms with Crippen molar-refractivity contribution in [2.45, 2.75) is 32.2 Å². The average Bonchev–Trinajstić information content (AvgIpc) is 2.87. The fraction of sp³-hybridized carbons (Fsp3) is 0.900. The Morgan fingerprint density at radius 1 is 1.57 bits per heavy atom. The number of carbonyl (C=O) groups excluding carboxylic acids is 1.